The SMILES string of the molecule is OCCNc1nc(NCc2cccc3[nH]ccc23)cc([C@@H]2CCOC2)n1. The summed E-state index contributed by atoms with van der Waals surface area (Å²) in [5, 5.41) is 16.7. The highest BCUT2D eigenvalue weighted by molar-refractivity contribution is 5.83. The molecule has 0 bridgehead atoms. The highest BCUT2D eigenvalue weighted by atomic mass is 16.5. The lowest BCUT2D eigenvalue weighted by molar-refractivity contribution is 0.193. The summed E-state index contributed by atoms with van der Waals surface area (Å²) in [7, 11) is 0. The lowest BCUT2D eigenvalue weighted by Crippen LogP contribution is -2.13. The highest BCUT2D eigenvalue weighted by Crippen LogP contribution is 2.26. The molecule has 0 aliphatic carbocycles. The van der Waals surface area contributed by atoms with Crippen LogP contribution >= 0.6 is 0 Å². The number of nitrogens with zero attached hydrogens (tertiary/aromatic N) is 2. The fourth-order valence-electron chi connectivity index (χ4n) is 3.27. The van der Waals surface area contributed by atoms with Crippen LogP contribution in [0.2, 0.25) is 0 Å². The second-order valence-corrected chi connectivity index (χ2v) is 6.42. The molecule has 136 valence electrons. The molecule has 4 rings (SSSR count). The molecule has 0 amide bonds. The molecule has 1 aliphatic rings. The lowest BCUT2D eigenvalue weighted by Gasteiger charge is -2.14. The third kappa shape index (κ3) is 3.63. The number of benzene rings is 1. The Hall–Kier alpha value is -2.64. The van der Waals surface area contributed by atoms with Crippen LogP contribution in [0.4, 0.5) is 11.8 Å². The Labute approximate surface area is 151 Å². The number of aromatic nitrogens is 3. The van der Waals surface area contributed by atoms with Gasteiger partial charge < -0.3 is 25.5 Å². The van der Waals surface area contributed by atoms with E-state index in [1.807, 2.05) is 18.3 Å². The van der Waals surface area contributed by atoms with Crippen LogP contribution in [0.1, 0.15) is 23.6 Å². The molecule has 0 unspecified atom stereocenters. The number of aliphatic hydroxyl groups excluding tert-OH is 1. The smallest absolute Gasteiger partial charge is 0.224 e. The zero-order chi connectivity index (χ0) is 17.8. The summed E-state index contributed by atoms with van der Waals surface area (Å²) in [5.74, 6) is 1.60. The average molecular weight is 353 g/mol. The van der Waals surface area contributed by atoms with Gasteiger partial charge >= 0.3 is 0 Å². The first-order valence-electron chi connectivity index (χ1n) is 8.94. The Morgan fingerprint density at radius 3 is 3.04 bits per heavy atom. The molecule has 0 radical (unpaired) electrons. The minimum absolute atomic E-state index is 0.0401. The quantitative estimate of drug-likeness (QED) is 0.521. The molecule has 4 N–H and O–H groups in total. The van der Waals surface area contributed by atoms with Crippen LogP contribution in [0.5, 0.6) is 0 Å². The zero-order valence-electron chi connectivity index (χ0n) is 14.5. The molecule has 2 aromatic heterocycles. The van der Waals surface area contributed by atoms with Gasteiger partial charge in [0.25, 0.3) is 0 Å². The van der Waals surface area contributed by atoms with Crippen LogP contribution in [0.15, 0.2) is 36.5 Å². The van der Waals surface area contributed by atoms with Gasteiger partial charge in [0.05, 0.1) is 18.9 Å². The zero-order valence-corrected chi connectivity index (χ0v) is 14.5. The molecule has 26 heavy (non-hydrogen) atoms. The third-order valence-electron chi connectivity index (χ3n) is 4.63. The molecule has 1 aromatic carbocycles. The van der Waals surface area contributed by atoms with Crippen molar-refractivity contribution in [1.29, 1.82) is 0 Å². The summed E-state index contributed by atoms with van der Waals surface area (Å²) in [5.41, 5.74) is 3.30. The Morgan fingerprint density at radius 1 is 1.23 bits per heavy atom. The number of H-pyrrole nitrogens is 1. The van der Waals surface area contributed by atoms with Crippen molar-refractivity contribution in [3.63, 3.8) is 0 Å². The number of fused-ring (bicyclic) bond motifs is 1. The molecule has 7 nitrogen and oxygen atoms in total. The van der Waals surface area contributed by atoms with E-state index < -0.39 is 0 Å². The van der Waals surface area contributed by atoms with E-state index >= 15 is 0 Å². The van der Waals surface area contributed by atoms with E-state index in [1.165, 1.54) is 10.9 Å². The second kappa shape index (κ2) is 7.72. The maximum atomic E-state index is 9.05. The minimum atomic E-state index is 0.0401. The molecule has 3 aromatic rings. The van der Waals surface area contributed by atoms with Gasteiger partial charge in [-0.1, -0.05) is 12.1 Å². The van der Waals surface area contributed by atoms with E-state index in [9.17, 15) is 0 Å². The Bertz CT molecular complexity index is 873. The van der Waals surface area contributed by atoms with Crippen molar-refractivity contribution in [2.75, 3.05) is 37.0 Å². The van der Waals surface area contributed by atoms with E-state index in [4.69, 9.17) is 9.84 Å². The van der Waals surface area contributed by atoms with Gasteiger partial charge in [-0.3, -0.25) is 0 Å². The monoisotopic (exact) mass is 353 g/mol. The average Bonchev–Trinajstić information content (AvgIpc) is 3.36. The van der Waals surface area contributed by atoms with Crippen LogP contribution in [0.25, 0.3) is 10.9 Å². The topological polar surface area (TPSA) is 95.1 Å². The van der Waals surface area contributed by atoms with E-state index in [2.05, 4.69) is 43.8 Å². The molecule has 0 spiro atoms. The van der Waals surface area contributed by atoms with E-state index in [1.54, 1.807) is 0 Å². The number of anilines is 2. The van der Waals surface area contributed by atoms with Crippen LogP contribution in [-0.2, 0) is 11.3 Å². The van der Waals surface area contributed by atoms with Crippen LogP contribution in [0.3, 0.4) is 0 Å². The van der Waals surface area contributed by atoms with E-state index in [0.29, 0.717) is 31.6 Å². The number of hydrogen-bond acceptors (Lipinski definition) is 6. The number of hydrogen-bond donors (Lipinski definition) is 4. The number of aromatic amines is 1. The van der Waals surface area contributed by atoms with Gasteiger partial charge in [0, 0.05) is 48.8 Å². The Kier molecular flexibility index (Phi) is 4.99. The molecule has 0 saturated carbocycles. The van der Waals surface area contributed by atoms with E-state index in [0.717, 1.165) is 30.1 Å². The summed E-state index contributed by atoms with van der Waals surface area (Å²) in [4.78, 5) is 12.4. The Morgan fingerprint density at radius 2 is 2.19 bits per heavy atom. The number of aliphatic hydroxyl groups is 1. The standard InChI is InChI=1S/C19H23N5O2/c25-8-7-21-19-23-17(14-5-9-26-12-14)10-18(24-19)22-11-13-2-1-3-16-15(13)4-6-20-16/h1-4,6,10,14,20,25H,5,7-9,11-12H2,(H2,21,22,23,24)/t14-/m1/s1. The molecule has 1 aliphatic heterocycles. The van der Waals surface area contributed by atoms with Gasteiger partial charge in [-0.05, 0) is 24.1 Å². The molecule has 3 heterocycles. The maximum Gasteiger partial charge on any atom is 0.224 e. The van der Waals surface area contributed by atoms with Crippen molar-refractivity contribution in [1.82, 2.24) is 15.0 Å². The predicted octanol–water partition coefficient (Wildman–Crippen LogP) is 2.48. The van der Waals surface area contributed by atoms with Crippen LogP contribution in [-0.4, -0.2) is 46.4 Å². The lowest BCUT2D eigenvalue weighted by atomic mass is 10.0. The Balaban J connectivity index is 1.56. The largest absolute Gasteiger partial charge is 0.395 e. The molecular weight excluding hydrogens is 330 g/mol. The summed E-state index contributed by atoms with van der Waals surface area (Å²) in [6.07, 6.45) is 2.92. The van der Waals surface area contributed by atoms with Crippen LogP contribution in [0, 0.1) is 0 Å². The van der Waals surface area contributed by atoms with Gasteiger partial charge in [0.1, 0.15) is 5.82 Å². The van der Waals surface area contributed by atoms with Crippen LogP contribution < -0.4 is 10.6 Å². The number of ether oxygens (including phenoxy) is 1. The summed E-state index contributed by atoms with van der Waals surface area (Å²) >= 11 is 0. The summed E-state index contributed by atoms with van der Waals surface area (Å²) in [6, 6.07) is 10.3. The van der Waals surface area contributed by atoms with Gasteiger partial charge in [-0.15, -0.1) is 0 Å². The first kappa shape index (κ1) is 16.8. The van der Waals surface area contributed by atoms with Crippen molar-refractivity contribution in [3.05, 3.63) is 47.8 Å². The normalized spacial score (nSPS) is 16.9. The van der Waals surface area contributed by atoms with Crippen molar-refractivity contribution in [2.45, 2.75) is 18.9 Å². The van der Waals surface area contributed by atoms with Gasteiger partial charge in [-0.2, -0.15) is 4.98 Å². The second-order valence-electron chi connectivity index (χ2n) is 6.42. The van der Waals surface area contributed by atoms with Crippen molar-refractivity contribution >= 4 is 22.7 Å². The summed E-state index contributed by atoms with van der Waals surface area (Å²) < 4.78 is 5.50. The van der Waals surface area contributed by atoms with Crippen molar-refractivity contribution in [3.8, 4) is 0 Å². The van der Waals surface area contributed by atoms with Gasteiger partial charge in [0.2, 0.25) is 5.95 Å². The van der Waals surface area contributed by atoms with Gasteiger partial charge in [0.15, 0.2) is 0 Å². The fraction of sp³-hybridized carbons (Fsp3) is 0.368. The molecule has 1 atom stereocenters. The number of nitrogens with one attached hydrogen (secondary N) is 3. The predicted molar refractivity (Wildman–Crippen MR) is 101 cm³/mol. The number of rotatable bonds is 7. The first-order valence-corrected chi connectivity index (χ1v) is 8.94. The maximum absolute atomic E-state index is 9.05. The molecule has 7 heteroatoms. The van der Waals surface area contributed by atoms with Crippen molar-refractivity contribution in [2.24, 2.45) is 0 Å². The molecule has 1 saturated heterocycles. The fourth-order valence-corrected chi connectivity index (χ4v) is 3.27. The summed E-state index contributed by atoms with van der Waals surface area (Å²) in [6.45, 7) is 2.60. The highest BCUT2D eigenvalue weighted by Gasteiger charge is 2.20. The third-order valence-corrected chi connectivity index (χ3v) is 4.63. The first-order chi connectivity index (χ1) is 12.8. The minimum Gasteiger partial charge on any atom is -0.395 e. The van der Waals surface area contributed by atoms with Gasteiger partial charge in [-0.25, -0.2) is 4.98 Å². The van der Waals surface area contributed by atoms with Crippen molar-refractivity contribution < 1.29 is 9.84 Å². The molecule has 1 fully saturated rings. The molecular formula is C19H23N5O2. The van der Waals surface area contributed by atoms with E-state index in [-0.39, 0.29) is 6.61 Å².